The maximum absolute atomic E-state index is 12.0. The van der Waals surface area contributed by atoms with E-state index in [2.05, 4.69) is 0 Å². The zero-order valence-corrected chi connectivity index (χ0v) is 14.6. The fourth-order valence-corrected chi connectivity index (χ4v) is 2.32. The van der Waals surface area contributed by atoms with E-state index >= 15 is 0 Å². The van der Waals surface area contributed by atoms with Gasteiger partial charge in [0.05, 0.1) is 29.2 Å². The first kappa shape index (κ1) is 24.6. The van der Waals surface area contributed by atoms with Crippen molar-refractivity contribution in [3.05, 3.63) is 29.3 Å². The summed E-state index contributed by atoms with van der Waals surface area (Å²) in [6.45, 7) is 4.22. The predicted molar refractivity (Wildman–Crippen MR) is 95.2 cm³/mol. The molecule has 0 unspecified atom stereocenters. The standard InChI is InChI=1S/C16H22O7S.Ba.2H/c1-3-5-7-22-15(17)12-9-13(16(18)23-8-6-4-2)11-14(10-12)24(19,20)21;;;/h9-11H,3-8H2,1-2H3,(H,19,20,21);;;. The van der Waals surface area contributed by atoms with Gasteiger partial charge in [0.25, 0.3) is 10.1 Å². The number of hydrogen-bond donors (Lipinski definition) is 1. The molecule has 0 saturated carbocycles. The Labute approximate surface area is 188 Å². The SMILES string of the molecule is CCCCOC(=O)c1cc(C(=O)OCCCC)cc(S(=O)(=O)O)c1.[BaH2]. The van der Waals surface area contributed by atoms with Gasteiger partial charge in [-0.25, -0.2) is 9.59 Å². The summed E-state index contributed by atoms with van der Waals surface area (Å²) in [6, 6.07) is 3.12. The molecule has 0 aliphatic rings. The zero-order chi connectivity index (χ0) is 18.2. The van der Waals surface area contributed by atoms with Gasteiger partial charge in [0.2, 0.25) is 0 Å². The molecule has 1 aromatic carbocycles. The summed E-state index contributed by atoms with van der Waals surface area (Å²) in [7, 11) is -4.58. The molecule has 1 rings (SSSR count). The van der Waals surface area contributed by atoms with Gasteiger partial charge in [-0.15, -0.1) is 0 Å². The number of hydrogen-bond acceptors (Lipinski definition) is 6. The molecule has 1 N–H and O–H groups in total. The van der Waals surface area contributed by atoms with Crippen molar-refractivity contribution in [2.24, 2.45) is 0 Å². The summed E-state index contributed by atoms with van der Waals surface area (Å²) < 4.78 is 41.9. The topological polar surface area (TPSA) is 107 Å². The van der Waals surface area contributed by atoms with Gasteiger partial charge in [0.1, 0.15) is 0 Å². The van der Waals surface area contributed by atoms with E-state index in [1.807, 2.05) is 13.8 Å². The molecule has 0 heterocycles. The molecule has 0 fully saturated rings. The van der Waals surface area contributed by atoms with Crippen molar-refractivity contribution in [3.63, 3.8) is 0 Å². The Balaban J connectivity index is 0.00000576. The average Bonchev–Trinajstić information content (AvgIpc) is 2.53. The van der Waals surface area contributed by atoms with Gasteiger partial charge < -0.3 is 9.47 Å². The predicted octanol–water partition coefficient (Wildman–Crippen LogP) is 1.93. The molecule has 0 aromatic heterocycles. The fraction of sp³-hybridized carbons (Fsp3) is 0.500. The number of ether oxygens (including phenoxy) is 2. The summed E-state index contributed by atoms with van der Waals surface area (Å²) in [5.41, 5.74) is -0.271. The van der Waals surface area contributed by atoms with Crippen molar-refractivity contribution in [2.75, 3.05) is 13.2 Å². The molecule has 0 aliphatic carbocycles. The molecular weight excluding hydrogens is 474 g/mol. The number of benzene rings is 1. The summed E-state index contributed by atoms with van der Waals surface area (Å²) in [4.78, 5) is 23.4. The number of esters is 2. The Hall–Kier alpha value is -0.359. The molecule has 0 saturated heterocycles. The Kier molecular flexibility index (Phi) is 11.9. The van der Waals surface area contributed by atoms with E-state index in [9.17, 15) is 22.6 Å². The van der Waals surface area contributed by atoms with Crippen LogP contribution in [0.1, 0.15) is 60.2 Å². The second-order valence-corrected chi connectivity index (χ2v) is 6.62. The first-order valence-corrected chi connectivity index (χ1v) is 9.20. The molecule has 9 heteroatoms. The van der Waals surface area contributed by atoms with Crippen LogP contribution in [0, 0.1) is 0 Å². The Morgan fingerprint density at radius 2 is 1.32 bits per heavy atom. The number of unbranched alkanes of at least 4 members (excludes halogenated alkanes) is 2. The van der Waals surface area contributed by atoms with Crippen molar-refractivity contribution >= 4 is 70.9 Å². The Morgan fingerprint density at radius 3 is 1.64 bits per heavy atom. The Bertz CT molecular complexity index is 645. The average molecular weight is 498 g/mol. The molecule has 0 amide bonds. The summed E-state index contributed by atoms with van der Waals surface area (Å²) in [6.07, 6.45) is 2.98. The van der Waals surface area contributed by atoms with Crippen LogP contribution in [-0.4, -0.2) is 87.0 Å². The van der Waals surface area contributed by atoms with Crippen molar-refractivity contribution in [1.29, 1.82) is 0 Å². The van der Waals surface area contributed by atoms with E-state index in [1.165, 1.54) is 6.07 Å². The number of carbonyl (C=O) groups is 2. The van der Waals surface area contributed by atoms with Gasteiger partial charge >= 0.3 is 60.8 Å². The molecule has 0 radical (unpaired) electrons. The molecule has 138 valence electrons. The van der Waals surface area contributed by atoms with Crippen LogP contribution in [0.2, 0.25) is 0 Å². The van der Waals surface area contributed by atoms with Crippen LogP contribution in [0.25, 0.3) is 0 Å². The van der Waals surface area contributed by atoms with Crippen LogP contribution in [0.5, 0.6) is 0 Å². The van der Waals surface area contributed by atoms with Gasteiger partial charge in [-0.3, -0.25) is 4.55 Å². The van der Waals surface area contributed by atoms with Gasteiger partial charge in [-0.05, 0) is 31.0 Å². The summed E-state index contributed by atoms with van der Waals surface area (Å²) in [5, 5.41) is 0. The number of carbonyl (C=O) groups excluding carboxylic acids is 2. The normalized spacial score (nSPS) is 10.7. The van der Waals surface area contributed by atoms with Crippen molar-refractivity contribution in [1.82, 2.24) is 0 Å². The minimum absolute atomic E-state index is 0. The quantitative estimate of drug-likeness (QED) is 0.240. The molecule has 0 spiro atoms. The van der Waals surface area contributed by atoms with E-state index in [0.29, 0.717) is 12.8 Å². The van der Waals surface area contributed by atoms with E-state index in [4.69, 9.17) is 9.47 Å². The number of rotatable bonds is 9. The zero-order valence-electron chi connectivity index (χ0n) is 13.8. The third-order valence-electron chi connectivity index (χ3n) is 3.14. The fourth-order valence-electron chi connectivity index (χ4n) is 1.77. The third-order valence-corrected chi connectivity index (χ3v) is 3.97. The third kappa shape index (κ3) is 8.72. The van der Waals surface area contributed by atoms with Crippen LogP contribution in [0.3, 0.4) is 0 Å². The molecule has 1 aromatic rings. The van der Waals surface area contributed by atoms with Crippen molar-refractivity contribution < 1.29 is 32.0 Å². The molecule has 0 atom stereocenters. The van der Waals surface area contributed by atoms with E-state index < -0.39 is 27.0 Å². The van der Waals surface area contributed by atoms with E-state index in [-0.39, 0.29) is 73.2 Å². The minimum atomic E-state index is -4.58. The van der Waals surface area contributed by atoms with Crippen LogP contribution >= 0.6 is 0 Å². The second-order valence-electron chi connectivity index (χ2n) is 5.20. The van der Waals surface area contributed by atoms with Crippen LogP contribution in [0.4, 0.5) is 0 Å². The van der Waals surface area contributed by atoms with E-state index in [0.717, 1.165) is 25.0 Å². The Morgan fingerprint density at radius 1 is 0.920 bits per heavy atom. The van der Waals surface area contributed by atoms with Gasteiger partial charge in [0.15, 0.2) is 0 Å². The van der Waals surface area contributed by atoms with E-state index in [1.54, 1.807) is 0 Å². The van der Waals surface area contributed by atoms with Crippen LogP contribution in [0.15, 0.2) is 23.1 Å². The molecular formula is C16H24BaO7S. The van der Waals surface area contributed by atoms with Crippen molar-refractivity contribution in [2.45, 2.75) is 44.4 Å². The first-order chi connectivity index (χ1) is 11.3. The van der Waals surface area contributed by atoms with Crippen LogP contribution in [-0.2, 0) is 19.6 Å². The molecule has 0 bridgehead atoms. The van der Waals surface area contributed by atoms with Crippen LogP contribution < -0.4 is 0 Å². The first-order valence-electron chi connectivity index (χ1n) is 7.76. The molecule has 0 aliphatic heterocycles. The summed E-state index contributed by atoms with van der Waals surface area (Å²) >= 11 is 0. The van der Waals surface area contributed by atoms with Gasteiger partial charge in [-0.2, -0.15) is 8.42 Å². The molecule has 7 nitrogen and oxygen atoms in total. The monoisotopic (exact) mass is 498 g/mol. The summed E-state index contributed by atoms with van der Waals surface area (Å²) in [5.74, 6) is -1.53. The second kappa shape index (κ2) is 12.1. The maximum atomic E-state index is 12.0. The van der Waals surface area contributed by atoms with Gasteiger partial charge in [0, 0.05) is 0 Å². The molecule has 25 heavy (non-hydrogen) atoms. The van der Waals surface area contributed by atoms with Crippen molar-refractivity contribution in [3.8, 4) is 0 Å². The van der Waals surface area contributed by atoms with Gasteiger partial charge in [-0.1, -0.05) is 26.7 Å².